The maximum atomic E-state index is 12.6. The molecule has 0 bridgehead atoms. The molecule has 0 radical (unpaired) electrons. The highest BCUT2D eigenvalue weighted by molar-refractivity contribution is 7.89. The summed E-state index contributed by atoms with van der Waals surface area (Å²) in [4.78, 5) is 19.2. The number of carbonyl (C=O) groups excluding carboxylic acids is 1. The third kappa shape index (κ3) is 4.80. The summed E-state index contributed by atoms with van der Waals surface area (Å²) in [5.74, 6) is 0.883. The fourth-order valence-electron chi connectivity index (χ4n) is 4.07. The molecule has 0 atom stereocenters. The number of hydrogen-bond acceptors (Lipinski definition) is 5. The van der Waals surface area contributed by atoms with Crippen LogP contribution in [-0.2, 0) is 14.8 Å². The van der Waals surface area contributed by atoms with Crippen molar-refractivity contribution in [1.29, 1.82) is 0 Å². The van der Waals surface area contributed by atoms with Crippen LogP contribution in [0.2, 0.25) is 0 Å². The van der Waals surface area contributed by atoms with Crippen molar-refractivity contribution in [2.24, 2.45) is 0 Å². The van der Waals surface area contributed by atoms with E-state index in [1.807, 2.05) is 37.3 Å². The first kappa shape index (κ1) is 21.5. The first-order valence-corrected chi connectivity index (χ1v) is 12.0. The molecule has 1 amide bonds. The fourth-order valence-corrected chi connectivity index (χ4v) is 5.33. The van der Waals surface area contributed by atoms with Crippen molar-refractivity contribution < 1.29 is 17.6 Å². The maximum Gasteiger partial charge on any atom is 0.240 e. The molecule has 164 valence electrons. The molecule has 3 aromatic rings. The van der Waals surface area contributed by atoms with Gasteiger partial charge in [0, 0.05) is 32.0 Å². The van der Waals surface area contributed by atoms with E-state index in [0.29, 0.717) is 18.7 Å². The van der Waals surface area contributed by atoms with Gasteiger partial charge in [0.2, 0.25) is 15.9 Å². The minimum absolute atomic E-state index is 0.0423. The van der Waals surface area contributed by atoms with Gasteiger partial charge in [0.05, 0.1) is 4.90 Å². The van der Waals surface area contributed by atoms with Crippen LogP contribution in [0, 0.1) is 13.8 Å². The first-order chi connectivity index (χ1) is 14.8. The molecule has 8 heteroatoms. The second kappa shape index (κ2) is 8.80. The lowest BCUT2D eigenvalue weighted by Gasteiger charge is -2.30. The van der Waals surface area contributed by atoms with E-state index in [1.165, 1.54) is 0 Å². The number of rotatable bonds is 6. The third-order valence-corrected chi connectivity index (χ3v) is 7.38. The number of fused-ring (bicyclic) bond motifs is 1. The number of aryl methyl sites for hydroxylation is 2. The molecule has 0 aliphatic carbocycles. The van der Waals surface area contributed by atoms with Crippen molar-refractivity contribution in [2.45, 2.75) is 43.9 Å². The van der Waals surface area contributed by atoms with Crippen molar-refractivity contribution in [2.75, 3.05) is 19.6 Å². The zero-order valence-electron chi connectivity index (χ0n) is 17.8. The number of para-hydroxylation sites is 2. The van der Waals surface area contributed by atoms with Crippen molar-refractivity contribution in [3.63, 3.8) is 0 Å². The zero-order valence-corrected chi connectivity index (χ0v) is 18.6. The van der Waals surface area contributed by atoms with Crippen molar-refractivity contribution in [1.82, 2.24) is 14.6 Å². The Morgan fingerprint density at radius 2 is 1.90 bits per heavy atom. The van der Waals surface area contributed by atoms with Gasteiger partial charge in [0.15, 0.2) is 11.5 Å². The number of nitrogens with one attached hydrogen (secondary N) is 1. The number of piperidine rings is 1. The molecule has 1 fully saturated rings. The Kier molecular flexibility index (Phi) is 6.11. The lowest BCUT2D eigenvalue weighted by atomic mass is 9.96. The zero-order chi connectivity index (χ0) is 22.0. The van der Waals surface area contributed by atoms with Gasteiger partial charge in [-0.25, -0.2) is 18.1 Å². The van der Waals surface area contributed by atoms with E-state index in [-0.39, 0.29) is 29.7 Å². The minimum Gasteiger partial charge on any atom is -0.440 e. The topological polar surface area (TPSA) is 92.5 Å². The number of nitrogens with zero attached hydrogens (tertiary/aromatic N) is 2. The summed E-state index contributed by atoms with van der Waals surface area (Å²) >= 11 is 0. The number of benzene rings is 2. The first-order valence-electron chi connectivity index (χ1n) is 10.5. The van der Waals surface area contributed by atoms with Crippen LogP contribution in [0.5, 0.6) is 0 Å². The molecular weight excluding hydrogens is 414 g/mol. The van der Waals surface area contributed by atoms with Crippen LogP contribution < -0.4 is 4.72 Å². The Bertz CT molecular complexity index is 1160. The van der Waals surface area contributed by atoms with Crippen molar-refractivity contribution in [3.8, 4) is 0 Å². The van der Waals surface area contributed by atoms with Gasteiger partial charge < -0.3 is 9.32 Å². The summed E-state index contributed by atoms with van der Waals surface area (Å²) in [7, 11) is -3.63. The molecule has 0 unspecified atom stereocenters. The quantitative estimate of drug-likeness (QED) is 0.632. The number of sulfonamides is 1. The molecule has 4 rings (SSSR count). The molecule has 0 saturated carbocycles. The number of hydrogen-bond donors (Lipinski definition) is 1. The Morgan fingerprint density at radius 1 is 1.16 bits per heavy atom. The SMILES string of the molecule is Cc1ccc(S(=O)(=O)NCCC(=O)N2CCC(c3nc4ccccc4o3)CC2)c(C)c1. The Hall–Kier alpha value is -2.71. The van der Waals surface area contributed by atoms with Crippen LogP contribution >= 0.6 is 0 Å². The van der Waals surface area contributed by atoms with Gasteiger partial charge in [-0.3, -0.25) is 4.79 Å². The van der Waals surface area contributed by atoms with E-state index in [2.05, 4.69) is 9.71 Å². The average molecular weight is 442 g/mol. The highest BCUT2D eigenvalue weighted by Crippen LogP contribution is 2.30. The lowest BCUT2D eigenvalue weighted by molar-refractivity contribution is -0.132. The summed E-state index contributed by atoms with van der Waals surface area (Å²) in [5, 5.41) is 0. The second-order valence-corrected chi connectivity index (χ2v) is 9.83. The van der Waals surface area contributed by atoms with Crippen LogP contribution in [0.15, 0.2) is 51.8 Å². The Balaban J connectivity index is 1.28. The van der Waals surface area contributed by atoms with Gasteiger partial charge >= 0.3 is 0 Å². The molecule has 2 aromatic carbocycles. The van der Waals surface area contributed by atoms with Gasteiger partial charge in [-0.1, -0.05) is 29.8 Å². The summed E-state index contributed by atoms with van der Waals surface area (Å²) in [6.07, 6.45) is 1.71. The van der Waals surface area contributed by atoms with Crippen LogP contribution in [-0.4, -0.2) is 43.8 Å². The minimum atomic E-state index is -3.63. The standard InChI is InChI=1S/C23H27N3O4S/c1-16-7-8-21(17(2)15-16)31(28,29)24-12-9-22(27)26-13-10-18(11-14-26)23-25-19-5-3-4-6-20(19)30-23/h3-8,15,18,24H,9-14H2,1-2H3. The van der Waals surface area contributed by atoms with Crippen LogP contribution in [0.4, 0.5) is 0 Å². The van der Waals surface area contributed by atoms with E-state index in [9.17, 15) is 13.2 Å². The van der Waals surface area contributed by atoms with Gasteiger partial charge in [-0.2, -0.15) is 0 Å². The molecule has 7 nitrogen and oxygen atoms in total. The van der Waals surface area contributed by atoms with E-state index in [4.69, 9.17) is 4.42 Å². The van der Waals surface area contributed by atoms with E-state index in [1.54, 1.807) is 24.0 Å². The molecular formula is C23H27N3O4S. The molecule has 31 heavy (non-hydrogen) atoms. The molecule has 1 aliphatic rings. The second-order valence-electron chi connectivity index (χ2n) is 8.09. The summed E-state index contributed by atoms with van der Waals surface area (Å²) in [5.41, 5.74) is 3.34. The molecule has 2 heterocycles. The predicted octanol–water partition coefficient (Wildman–Crippen LogP) is 3.52. The smallest absolute Gasteiger partial charge is 0.240 e. The van der Waals surface area contributed by atoms with Crippen LogP contribution in [0.1, 0.15) is 42.2 Å². The number of aromatic nitrogens is 1. The molecule has 1 aliphatic heterocycles. The molecule has 1 saturated heterocycles. The van der Waals surface area contributed by atoms with Gasteiger partial charge in [-0.15, -0.1) is 0 Å². The summed E-state index contributed by atoms with van der Waals surface area (Å²) in [6.45, 7) is 5.01. The van der Waals surface area contributed by atoms with Gasteiger partial charge in [0.1, 0.15) is 5.52 Å². The fraction of sp³-hybridized carbons (Fsp3) is 0.391. The highest BCUT2D eigenvalue weighted by atomic mass is 32.2. The third-order valence-electron chi connectivity index (χ3n) is 5.76. The van der Waals surface area contributed by atoms with Gasteiger partial charge in [0.25, 0.3) is 0 Å². The highest BCUT2D eigenvalue weighted by Gasteiger charge is 2.27. The monoisotopic (exact) mass is 441 g/mol. The average Bonchev–Trinajstić information content (AvgIpc) is 3.17. The normalized spacial score (nSPS) is 15.5. The molecule has 1 aromatic heterocycles. The number of amides is 1. The number of carbonyl (C=O) groups is 1. The molecule has 1 N–H and O–H groups in total. The van der Waals surface area contributed by atoms with Gasteiger partial charge in [-0.05, 0) is 50.5 Å². The summed E-state index contributed by atoms with van der Waals surface area (Å²) < 4.78 is 33.5. The Labute approximate surface area is 182 Å². The lowest BCUT2D eigenvalue weighted by Crippen LogP contribution is -2.39. The Morgan fingerprint density at radius 3 is 2.61 bits per heavy atom. The van der Waals surface area contributed by atoms with Crippen LogP contribution in [0.25, 0.3) is 11.1 Å². The number of oxazole rings is 1. The maximum absolute atomic E-state index is 12.6. The van der Waals surface area contributed by atoms with E-state index >= 15 is 0 Å². The van der Waals surface area contributed by atoms with Crippen molar-refractivity contribution >= 4 is 27.0 Å². The number of likely N-dealkylation sites (tertiary alicyclic amines) is 1. The van der Waals surface area contributed by atoms with E-state index in [0.717, 1.165) is 35.4 Å². The van der Waals surface area contributed by atoms with E-state index < -0.39 is 10.0 Å². The summed E-state index contributed by atoms with van der Waals surface area (Å²) in [6, 6.07) is 12.9. The predicted molar refractivity (Wildman–Crippen MR) is 118 cm³/mol. The molecule has 0 spiro atoms. The van der Waals surface area contributed by atoms with Crippen LogP contribution in [0.3, 0.4) is 0 Å². The van der Waals surface area contributed by atoms with Crippen molar-refractivity contribution in [3.05, 3.63) is 59.5 Å². The largest absolute Gasteiger partial charge is 0.440 e.